The standard InChI is InChI=1S/C26H48N2O4/c1-25(2,3)19-9-13-21(14-10-19)31-23(29)27-17-7-8-18-28-24(30)32-22-15-11-20(12-16-22)26(4,5)6/h19-22H,7-18H2,1-6H3,(H,27,29)(H,28,30). The summed E-state index contributed by atoms with van der Waals surface area (Å²) in [6, 6.07) is 0. The Hall–Kier alpha value is -1.46. The molecule has 2 amide bonds. The monoisotopic (exact) mass is 452 g/mol. The number of hydrogen-bond donors (Lipinski definition) is 2. The van der Waals surface area contributed by atoms with Crippen LogP contribution >= 0.6 is 0 Å². The van der Waals surface area contributed by atoms with Gasteiger partial charge in [0.25, 0.3) is 0 Å². The highest BCUT2D eigenvalue weighted by Gasteiger charge is 2.32. The lowest BCUT2D eigenvalue weighted by molar-refractivity contribution is 0.0442. The highest BCUT2D eigenvalue weighted by molar-refractivity contribution is 5.67. The Balaban J connectivity index is 1.46. The van der Waals surface area contributed by atoms with E-state index >= 15 is 0 Å². The summed E-state index contributed by atoms with van der Waals surface area (Å²) in [6.07, 6.45) is 9.38. The summed E-state index contributed by atoms with van der Waals surface area (Å²) in [6.45, 7) is 14.9. The second-order valence-electron chi connectivity index (χ2n) is 12.1. The maximum atomic E-state index is 12.0. The number of rotatable bonds is 7. The van der Waals surface area contributed by atoms with Crippen molar-refractivity contribution in [3.8, 4) is 0 Å². The highest BCUT2D eigenvalue weighted by Crippen LogP contribution is 2.39. The molecule has 186 valence electrons. The molecule has 2 fully saturated rings. The van der Waals surface area contributed by atoms with Crippen LogP contribution in [0.5, 0.6) is 0 Å². The molecule has 2 N–H and O–H groups in total. The van der Waals surface area contributed by atoms with E-state index in [1.807, 2.05) is 0 Å². The van der Waals surface area contributed by atoms with Gasteiger partial charge in [0.15, 0.2) is 0 Å². The predicted molar refractivity (Wildman–Crippen MR) is 129 cm³/mol. The topological polar surface area (TPSA) is 76.7 Å². The van der Waals surface area contributed by atoms with Gasteiger partial charge < -0.3 is 20.1 Å². The van der Waals surface area contributed by atoms with Gasteiger partial charge in [0.1, 0.15) is 12.2 Å². The molecule has 2 aliphatic carbocycles. The van der Waals surface area contributed by atoms with Gasteiger partial charge in [-0.2, -0.15) is 0 Å². The lowest BCUT2D eigenvalue weighted by atomic mass is 9.72. The van der Waals surface area contributed by atoms with E-state index < -0.39 is 0 Å². The molecule has 0 aliphatic heterocycles. The van der Waals surface area contributed by atoms with Crippen LogP contribution in [-0.2, 0) is 9.47 Å². The van der Waals surface area contributed by atoms with Crippen LogP contribution in [0.25, 0.3) is 0 Å². The molecule has 0 unspecified atom stereocenters. The average molecular weight is 453 g/mol. The van der Waals surface area contributed by atoms with Gasteiger partial charge in [-0.3, -0.25) is 0 Å². The number of carbonyl (C=O) groups excluding carboxylic acids is 2. The molecule has 32 heavy (non-hydrogen) atoms. The van der Waals surface area contributed by atoms with E-state index in [9.17, 15) is 9.59 Å². The first kappa shape index (κ1) is 26.8. The molecule has 0 spiro atoms. The van der Waals surface area contributed by atoms with Gasteiger partial charge >= 0.3 is 12.2 Å². The second-order valence-corrected chi connectivity index (χ2v) is 12.1. The molecule has 0 bridgehead atoms. The third-order valence-corrected chi connectivity index (χ3v) is 7.49. The van der Waals surface area contributed by atoms with Crippen LogP contribution in [0.4, 0.5) is 9.59 Å². The van der Waals surface area contributed by atoms with Gasteiger partial charge in [-0.05, 0) is 86.9 Å². The fourth-order valence-electron chi connectivity index (χ4n) is 5.11. The third kappa shape index (κ3) is 9.58. The number of carbonyl (C=O) groups is 2. The Morgan fingerprint density at radius 2 is 0.938 bits per heavy atom. The van der Waals surface area contributed by atoms with Crippen molar-refractivity contribution in [2.75, 3.05) is 13.1 Å². The zero-order valence-corrected chi connectivity index (χ0v) is 21.4. The first-order valence-electron chi connectivity index (χ1n) is 12.8. The molecular formula is C26H48N2O4. The van der Waals surface area contributed by atoms with Crippen molar-refractivity contribution in [2.24, 2.45) is 22.7 Å². The van der Waals surface area contributed by atoms with Crippen LogP contribution < -0.4 is 10.6 Å². The molecule has 2 saturated carbocycles. The fourth-order valence-corrected chi connectivity index (χ4v) is 5.11. The molecule has 6 nitrogen and oxygen atoms in total. The molecule has 0 radical (unpaired) electrons. The molecular weight excluding hydrogens is 404 g/mol. The lowest BCUT2D eigenvalue weighted by Gasteiger charge is -2.36. The van der Waals surface area contributed by atoms with E-state index in [0.717, 1.165) is 64.2 Å². The first-order valence-corrected chi connectivity index (χ1v) is 12.8. The summed E-state index contributed by atoms with van der Waals surface area (Å²) in [5, 5.41) is 5.67. The van der Waals surface area contributed by atoms with E-state index in [1.165, 1.54) is 0 Å². The fraction of sp³-hybridized carbons (Fsp3) is 0.923. The van der Waals surface area contributed by atoms with Crippen LogP contribution in [0.2, 0.25) is 0 Å². The van der Waals surface area contributed by atoms with Crippen molar-refractivity contribution in [3.05, 3.63) is 0 Å². The molecule has 0 heterocycles. The Labute approximate surface area is 196 Å². The minimum atomic E-state index is -0.317. The van der Waals surface area contributed by atoms with Crippen molar-refractivity contribution >= 4 is 12.2 Å². The summed E-state index contributed by atoms with van der Waals surface area (Å²) >= 11 is 0. The molecule has 0 aromatic rings. The normalized spacial score (nSPS) is 26.8. The number of nitrogens with one attached hydrogen (secondary N) is 2. The Kier molecular flexibility index (Phi) is 10.2. The Morgan fingerprint density at radius 3 is 1.22 bits per heavy atom. The van der Waals surface area contributed by atoms with Gasteiger partial charge in [-0.1, -0.05) is 41.5 Å². The van der Waals surface area contributed by atoms with Gasteiger partial charge in [0, 0.05) is 13.1 Å². The molecule has 0 aromatic carbocycles. The summed E-state index contributed by atoms with van der Waals surface area (Å²) in [5.74, 6) is 1.42. The van der Waals surface area contributed by atoms with E-state index in [-0.39, 0.29) is 24.4 Å². The maximum Gasteiger partial charge on any atom is 0.407 e. The van der Waals surface area contributed by atoms with Gasteiger partial charge in [0.05, 0.1) is 0 Å². The van der Waals surface area contributed by atoms with Crippen LogP contribution in [0.3, 0.4) is 0 Å². The SMILES string of the molecule is CC(C)(C)C1CCC(OC(=O)NCCCCNC(=O)OC2CCC(C(C)(C)C)CC2)CC1. The molecule has 6 heteroatoms. The quantitative estimate of drug-likeness (QED) is 0.436. The zero-order chi connectivity index (χ0) is 23.8. The van der Waals surface area contributed by atoms with E-state index in [4.69, 9.17) is 9.47 Å². The zero-order valence-electron chi connectivity index (χ0n) is 21.4. The van der Waals surface area contributed by atoms with Crippen molar-refractivity contribution in [2.45, 2.75) is 118 Å². The number of ether oxygens (including phenoxy) is 2. The molecule has 0 atom stereocenters. The second kappa shape index (κ2) is 12.1. The summed E-state index contributed by atoms with van der Waals surface area (Å²) in [4.78, 5) is 24.0. The Morgan fingerprint density at radius 1 is 0.625 bits per heavy atom. The number of amides is 2. The van der Waals surface area contributed by atoms with Crippen LogP contribution in [0.15, 0.2) is 0 Å². The van der Waals surface area contributed by atoms with Crippen molar-refractivity contribution < 1.29 is 19.1 Å². The predicted octanol–water partition coefficient (Wildman–Crippen LogP) is 6.43. The third-order valence-electron chi connectivity index (χ3n) is 7.49. The smallest absolute Gasteiger partial charge is 0.407 e. The van der Waals surface area contributed by atoms with E-state index in [0.29, 0.717) is 35.8 Å². The van der Waals surface area contributed by atoms with Crippen molar-refractivity contribution in [1.82, 2.24) is 10.6 Å². The number of hydrogen-bond acceptors (Lipinski definition) is 4. The molecule has 2 rings (SSSR count). The van der Waals surface area contributed by atoms with Crippen molar-refractivity contribution in [1.29, 1.82) is 0 Å². The highest BCUT2D eigenvalue weighted by atomic mass is 16.6. The summed E-state index contributed by atoms with van der Waals surface area (Å²) in [5.41, 5.74) is 0.666. The van der Waals surface area contributed by atoms with Crippen LogP contribution in [0, 0.1) is 22.7 Å². The van der Waals surface area contributed by atoms with Gasteiger partial charge in [0.2, 0.25) is 0 Å². The molecule has 2 aliphatic rings. The largest absolute Gasteiger partial charge is 0.446 e. The van der Waals surface area contributed by atoms with E-state index in [2.05, 4.69) is 52.2 Å². The molecule has 0 aromatic heterocycles. The Bertz CT molecular complexity index is 526. The maximum absolute atomic E-state index is 12.0. The van der Waals surface area contributed by atoms with Crippen LogP contribution in [0.1, 0.15) is 106 Å². The lowest BCUT2D eigenvalue weighted by Crippen LogP contribution is -2.35. The minimum Gasteiger partial charge on any atom is -0.446 e. The summed E-state index contributed by atoms with van der Waals surface area (Å²) < 4.78 is 11.1. The average Bonchev–Trinajstić information content (AvgIpc) is 2.70. The van der Waals surface area contributed by atoms with Gasteiger partial charge in [-0.15, -0.1) is 0 Å². The summed E-state index contributed by atoms with van der Waals surface area (Å²) in [7, 11) is 0. The van der Waals surface area contributed by atoms with Crippen molar-refractivity contribution in [3.63, 3.8) is 0 Å². The number of unbranched alkanes of at least 4 members (excludes halogenated alkanes) is 1. The van der Waals surface area contributed by atoms with E-state index in [1.54, 1.807) is 0 Å². The first-order chi connectivity index (χ1) is 14.9. The minimum absolute atomic E-state index is 0.0449. The van der Waals surface area contributed by atoms with Gasteiger partial charge in [-0.25, -0.2) is 9.59 Å². The molecule has 0 saturated heterocycles. The number of alkyl carbamates (subject to hydrolysis) is 2. The van der Waals surface area contributed by atoms with Crippen LogP contribution in [-0.4, -0.2) is 37.5 Å².